The van der Waals surface area contributed by atoms with E-state index >= 15 is 0 Å². The van der Waals surface area contributed by atoms with Gasteiger partial charge in [0.25, 0.3) is 0 Å². The number of hydrogen-bond donors (Lipinski definition) is 1. The topological polar surface area (TPSA) is 34.7 Å². The fraction of sp³-hybridized carbons (Fsp3) is 0.385. The van der Waals surface area contributed by atoms with Gasteiger partial charge in [-0.15, -0.1) is 0 Å². The van der Waals surface area contributed by atoms with Crippen LogP contribution in [0.15, 0.2) is 60.8 Å². The van der Waals surface area contributed by atoms with Crippen LogP contribution in [0.25, 0.3) is 22.4 Å². The van der Waals surface area contributed by atoms with E-state index in [0.717, 1.165) is 51.5 Å². The van der Waals surface area contributed by atoms with Crippen LogP contribution in [0, 0.1) is 0 Å². The molecule has 0 saturated carbocycles. The van der Waals surface area contributed by atoms with Crippen LogP contribution in [0.2, 0.25) is 0 Å². The van der Waals surface area contributed by atoms with Gasteiger partial charge in [-0.25, -0.2) is 0 Å². The Bertz CT molecular complexity index is 981. The number of hydrogen-bond acceptors (Lipinski definition) is 4. The molecule has 2 aliphatic heterocycles. The predicted molar refractivity (Wildman–Crippen MR) is 127 cm³/mol. The Morgan fingerprint density at radius 3 is 2.23 bits per heavy atom. The molecule has 2 fully saturated rings. The van der Waals surface area contributed by atoms with Crippen LogP contribution < -0.4 is 4.90 Å². The Hall–Kier alpha value is -2.60. The number of benzene rings is 2. The molecule has 31 heavy (non-hydrogen) atoms. The van der Waals surface area contributed by atoms with Gasteiger partial charge >= 0.3 is 0 Å². The highest BCUT2D eigenvalue weighted by Crippen LogP contribution is 2.28. The van der Waals surface area contributed by atoms with Gasteiger partial charge in [0.2, 0.25) is 0 Å². The zero-order valence-corrected chi connectivity index (χ0v) is 18.6. The van der Waals surface area contributed by atoms with Crippen molar-refractivity contribution >= 4 is 5.69 Å². The van der Waals surface area contributed by atoms with Crippen molar-refractivity contribution in [3.05, 3.63) is 66.4 Å². The largest absolute Gasteiger partial charge is 0.379 e. The van der Waals surface area contributed by atoms with E-state index in [1.54, 1.807) is 7.11 Å². The number of nitrogens with zero attached hydrogens (tertiary/aromatic N) is 3. The minimum atomic E-state index is 0.410. The third-order valence-electron chi connectivity index (χ3n) is 6.68. The first-order chi connectivity index (χ1) is 15.2. The molecule has 0 bridgehead atoms. The summed E-state index contributed by atoms with van der Waals surface area (Å²) in [6, 6.07) is 20.1. The molecule has 2 aromatic carbocycles. The lowest BCUT2D eigenvalue weighted by atomic mass is 10.0. The summed E-state index contributed by atoms with van der Waals surface area (Å²) in [4.78, 5) is 10.7. The Labute approximate surface area is 185 Å². The molecule has 0 aliphatic carbocycles. The molecule has 2 aliphatic rings. The van der Waals surface area contributed by atoms with Gasteiger partial charge in [-0.2, -0.15) is 0 Å². The molecule has 0 amide bonds. The number of anilines is 1. The van der Waals surface area contributed by atoms with Gasteiger partial charge < -0.3 is 19.5 Å². The zero-order chi connectivity index (χ0) is 21.2. The van der Waals surface area contributed by atoms with Crippen LogP contribution >= 0.6 is 0 Å². The molecule has 0 atom stereocenters. The first-order valence-electron chi connectivity index (χ1n) is 11.2. The van der Waals surface area contributed by atoms with E-state index in [-0.39, 0.29) is 0 Å². The predicted octanol–water partition coefficient (Wildman–Crippen LogP) is 3.93. The number of aromatic amines is 1. The summed E-state index contributed by atoms with van der Waals surface area (Å²) in [5.74, 6) is 0. The smallest absolute Gasteiger partial charge is 0.0825 e. The molecular formula is C26H32N4O. The number of piperazine rings is 1. The van der Waals surface area contributed by atoms with Crippen molar-refractivity contribution in [1.82, 2.24) is 14.8 Å². The standard InChI is InChI=1S/C26H32N4O/c1-28-11-13-30(14-12-28)24-9-7-22(8-10-24)26-15-23(16-27-26)21-5-3-20(4-6-21)17-29-18-25(19-29)31-2/h3-10,15-16,25,27H,11-14,17-19H2,1-2H3. The number of ether oxygens (including phenoxy) is 1. The highest BCUT2D eigenvalue weighted by molar-refractivity contribution is 5.72. The Kier molecular flexibility index (Phi) is 5.81. The van der Waals surface area contributed by atoms with Crippen LogP contribution in [0.3, 0.4) is 0 Å². The summed E-state index contributed by atoms with van der Waals surface area (Å²) < 4.78 is 5.36. The first kappa shape index (κ1) is 20.3. The second-order valence-electron chi connectivity index (χ2n) is 8.89. The molecule has 2 saturated heterocycles. The summed E-state index contributed by atoms with van der Waals surface area (Å²) in [6.07, 6.45) is 2.52. The normalized spacial score (nSPS) is 18.3. The molecule has 3 heterocycles. The van der Waals surface area contributed by atoms with E-state index in [0.29, 0.717) is 6.10 Å². The summed E-state index contributed by atoms with van der Waals surface area (Å²) in [5.41, 5.74) is 7.54. The SMILES string of the molecule is COC1CN(Cc2ccc(-c3c[nH]c(-c4ccc(N5CCN(C)CC5)cc4)c3)cc2)C1. The number of rotatable bonds is 6. The second-order valence-corrected chi connectivity index (χ2v) is 8.89. The van der Waals surface area contributed by atoms with Gasteiger partial charge in [-0.3, -0.25) is 4.90 Å². The molecule has 3 aromatic rings. The third kappa shape index (κ3) is 4.54. The van der Waals surface area contributed by atoms with Crippen LogP contribution in [0.5, 0.6) is 0 Å². The minimum absolute atomic E-state index is 0.410. The molecule has 1 aromatic heterocycles. The van der Waals surface area contributed by atoms with Crippen molar-refractivity contribution in [3.8, 4) is 22.4 Å². The van der Waals surface area contributed by atoms with Crippen molar-refractivity contribution in [2.75, 3.05) is 58.3 Å². The number of likely N-dealkylation sites (tertiary alicyclic amines) is 1. The zero-order valence-electron chi connectivity index (χ0n) is 18.6. The van der Waals surface area contributed by atoms with Crippen molar-refractivity contribution in [2.24, 2.45) is 0 Å². The van der Waals surface area contributed by atoms with Gasteiger partial charge in [0, 0.05) is 70.5 Å². The number of nitrogens with one attached hydrogen (secondary N) is 1. The van der Waals surface area contributed by atoms with Crippen LogP contribution in [0.1, 0.15) is 5.56 Å². The number of methoxy groups -OCH3 is 1. The van der Waals surface area contributed by atoms with Crippen LogP contribution in [-0.4, -0.2) is 74.3 Å². The van der Waals surface area contributed by atoms with Gasteiger partial charge in [-0.05, 0) is 47.5 Å². The Morgan fingerprint density at radius 2 is 1.55 bits per heavy atom. The van der Waals surface area contributed by atoms with E-state index in [2.05, 4.69) is 87.5 Å². The monoisotopic (exact) mass is 416 g/mol. The molecular weight excluding hydrogens is 384 g/mol. The lowest BCUT2D eigenvalue weighted by molar-refractivity contribution is -0.0333. The summed E-state index contributed by atoms with van der Waals surface area (Å²) >= 11 is 0. The molecule has 5 heteroatoms. The second kappa shape index (κ2) is 8.87. The molecule has 0 spiro atoms. The molecule has 5 rings (SSSR count). The van der Waals surface area contributed by atoms with Gasteiger partial charge in [0.05, 0.1) is 6.10 Å². The Morgan fingerprint density at radius 1 is 0.871 bits per heavy atom. The molecule has 5 nitrogen and oxygen atoms in total. The van der Waals surface area contributed by atoms with E-state index in [1.807, 2.05) is 0 Å². The van der Waals surface area contributed by atoms with Crippen molar-refractivity contribution in [1.29, 1.82) is 0 Å². The van der Waals surface area contributed by atoms with Crippen molar-refractivity contribution in [2.45, 2.75) is 12.6 Å². The number of likely N-dealkylation sites (N-methyl/N-ethyl adjacent to an activating group) is 1. The summed E-state index contributed by atoms with van der Waals surface area (Å²) in [6.45, 7) is 7.53. The van der Waals surface area contributed by atoms with Crippen LogP contribution in [-0.2, 0) is 11.3 Å². The third-order valence-corrected chi connectivity index (χ3v) is 6.68. The highest BCUT2D eigenvalue weighted by atomic mass is 16.5. The van der Waals surface area contributed by atoms with Crippen molar-refractivity contribution < 1.29 is 4.74 Å². The van der Waals surface area contributed by atoms with Gasteiger partial charge in [0.1, 0.15) is 0 Å². The summed E-state index contributed by atoms with van der Waals surface area (Å²) in [7, 11) is 3.99. The van der Waals surface area contributed by atoms with E-state index in [1.165, 1.54) is 27.9 Å². The average Bonchev–Trinajstić information content (AvgIpc) is 3.27. The Balaban J connectivity index is 1.22. The molecule has 1 N–H and O–H groups in total. The van der Waals surface area contributed by atoms with E-state index in [9.17, 15) is 0 Å². The fourth-order valence-electron chi connectivity index (χ4n) is 4.51. The molecule has 0 radical (unpaired) electrons. The maximum atomic E-state index is 5.36. The van der Waals surface area contributed by atoms with E-state index in [4.69, 9.17) is 4.74 Å². The summed E-state index contributed by atoms with van der Waals surface area (Å²) in [5, 5.41) is 0. The maximum absolute atomic E-state index is 5.36. The maximum Gasteiger partial charge on any atom is 0.0825 e. The first-order valence-corrected chi connectivity index (χ1v) is 11.2. The van der Waals surface area contributed by atoms with Crippen molar-refractivity contribution in [3.63, 3.8) is 0 Å². The lowest BCUT2D eigenvalue weighted by Gasteiger charge is -2.38. The number of H-pyrrole nitrogens is 1. The van der Waals surface area contributed by atoms with Crippen LogP contribution in [0.4, 0.5) is 5.69 Å². The average molecular weight is 417 g/mol. The lowest BCUT2D eigenvalue weighted by Crippen LogP contribution is -2.50. The van der Waals surface area contributed by atoms with E-state index < -0.39 is 0 Å². The fourth-order valence-corrected chi connectivity index (χ4v) is 4.51. The molecule has 0 unspecified atom stereocenters. The number of aromatic nitrogens is 1. The van der Waals surface area contributed by atoms with Gasteiger partial charge in [-0.1, -0.05) is 36.4 Å². The van der Waals surface area contributed by atoms with Gasteiger partial charge in [0.15, 0.2) is 0 Å². The molecule has 162 valence electrons. The minimum Gasteiger partial charge on any atom is -0.379 e. The quantitative estimate of drug-likeness (QED) is 0.660. The highest BCUT2D eigenvalue weighted by Gasteiger charge is 2.25.